The molecule has 0 aromatic rings. The first kappa shape index (κ1) is 11.4. The Bertz CT molecular complexity index is 167. The van der Waals surface area contributed by atoms with Gasteiger partial charge in [0.05, 0.1) is 13.2 Å². The number of rotatable bonds is 4. The van der Waals surface area contributed by atoms with E-state index < -0.39 is 0 Å². The van der Waals surface area contributed by atoms with Crippen molar-refractivity contribution in [2.75, 3.05) is 46.6 Å². The van der Waals surface area contributed by atoms with Crippen molar-refractivity contribution in [3.05, 3.63) is 0 Å². The highest BCUT2D eigenvalue weighted by Gasteiger charge is 2.12. The molecule has 1 aliphatic heterocycles. The van der Waals surface area contributed by atoms with Crippen LogP contribution in [0.4, 0.5) is 0 Å². The molecule has 0 radical (unpaired) electrons. The fourth-order valence-electron chi connectivity index (χ4n) is 1.33. The lowest BCUT2D eigenvalue weighted by Crippen LogP contribution is -2.36. The summed E-state index contributed by atoms with van der Waals surface area (Å²) in [4.78, 5) is 11.1. The van der Waals surface area contributed by atoms with Crippen molar-refractivity contribution in [3.63, 3.8) is 0 Å². The second-order valence-corrected chi connectivity index (χ2v) is 3.38. The molecule has 1 fully saturated rings. The normalized spacial score (nSPS) is 22.8. The molecule has 1 saturated heterocycles. The smallest absolute Gasteiger partial charge is 0.245 e. The van der Waals surface area contributed by atoms with Crippen LogP contribution in [-0.2, 0) is 14.3 Å². The zero-order chi connectivity index (χ0) is 10.2. The van der Waals surface area contributed by atoms with E-state index in [9.17, 15) is 4.79 Å². The van der Waals surface area contributed by atoms with Crippen LogP contribution in [0.25, 0.3) is 0 Å². The zero-order valence-electron chi connectivity index (χ0n) is 8.54. The van der Waals surface area contributed by atoms with Crippen LogP contribution in [-0.4, -0.2) is 52.5 Å². The van der Waals surface area contributed by atoms with Gasteiger partial charge in [-0.15, -0.1) is 0 Å². The van der Waals surface area contributed by atoms with Gasteiger partial charge in [0.25, 0.3) is 0 Å². The first-order chi connectivity index (χ1) is 6.83. The summed E-state index contributed by atoms with van der Waals surface area (Å²) in [5.41, 5.74) is 0. The van der Waals surface area contributed by atoms with Crippen LogP contribution >= 0.6 is 0 Å². The lowest BCUT2D eigenvalue weighted by atomic mass is 10.1. The van der Waals surface area contributed by atoms with Gasteiger partial charge in [-0.3, -0.25) is 4.79 Å². The van der Waals surface area contributed by atoms with Crippen LogP contribution in [0.3, 0.4) is 0 Å². The maximum Gasteiger partial charge on any atom is 0.245 e. The summed E-state index contributed by atoms with van der Waals surface area (Å²) in [6.45, 7) is 4.02. The van der Waals surface area contributed by atoms with Crippen molar-refractivity contribution in [2.45, 2.75) is 0 Å². The Hall–Kier alpha value is -0.650. The van der Waals surface area contributed by atoms with Crippen molar-refractivity contribution >= 4 is 5.91 Å². The largest absolute Gasteiger partial charge is 0.380 e. The van der Waals surface area contributed by atoms with Gasteiger partial charge in [-0.25, -0.2) is 0 Å². The number of carbonyl (C=O) groups is 1. The quantitative estimate of drug-likeness (QED) is 0.613. The molecule has 1 atom stereocenters. The topological polar surface area (TPSA) is 59.6 Å². The van der Waals surface area contributed by atoms with Crippen molar-refractivity contribution in [1.82, 2.24) is 10.6 Å². The predicted octanol–water partition coefficient (Wildman–Crippen LogP) is -1.01. The molecule has 14 heavy (non-hydrogen) atoms. The minimum absolute atomic E-state index is 0.0725. The molecule has 0 aliphatic carbocycles. The van der Waals surface area contributed by atoms with E-state index in [4.69, 9.17) is 9.47 Å². The summed E-state index contributed by atoms with van der Waals surface area (Å²) < 4.78 is 10.1. The summed E-state index contributed by atoms with van der Waals surface area (Å²) in [6.07, 6.45) is 0. The van der Waals surface area contributed by atoms with Crippen LogP contribution in [0.15, 0.2) is 0 Å². The Morgan fingerprint density at radius 3 is 3.36 bits per heavy atom. The third-order valence-corrected chi connectivity index (χ3v) is 2.07. The van der Waals surface area contributed by atoms with E-state index in [-0.39, 0.29) is 12.5 Å². The van der Waals surface area contributed by atoms with Crippen molar-refractivity contribution in [3.8, 4) is 0 Å². The van der Waals surface area contributed by atoms with Gasteiger partial charge in [0, 0.05) is 32.7 Å². The molecule has 1 rings (SSSR count). The minimum Gasteiger partial charge on any atom is -0.380 e. The first-order valence-corrected chi connectivity index (χ1v) is 4.87. The Balaban J connectivity index is 2.12. The van der Waals surface area contributed by atoms with Crippen molar-refractivity contribution in [1.29, 1.82) is 0 Å². The molecule has 82 valence electrons. The van der Waals surface area contributed by atoms with E-state index >= 15 is 0 Å². The molecule has 5 heteroatoms. The van der Waals surface area contributed by atoms with Gasteiger partial charge >= 0.3 is 0 Å². The number of amides is 1. The molecule has 0 aromatic carbocycles. The second-order valence-electron chi connectivity index (χ2n) is 3.38. The Morgan fingerprint density at radius 2 is 2.57 bits per heavy atom. The SMILES string of the molecule is COCC(=O)NCC1CNCCOC1. The van der Waals surface area contributed by atoms with Gasteiger partial charge in [-0.1, -0.05) is 0 Å². The molecule has 1 unspecified atom stereocenters. The number of carbonyl (C=O) groups excluding carboxylic acids is 1. The maximum absolute atomic E-state index is 11.1. The van der Waals surface area contributed by atoms with E-state index in [1.807, 2.05) is 0 Å². The average Bonchev–Trinajstić information content (AvgIpc) is 2.43. The van der Waals surface area contributed by atoms with Gasteiger partial charge in [-0.2, -0.15) is 0 Å². The third kappa shape index (κ3) is 4.55. The molecule has 0 saturated carbocycles. The van der Waals surface area contributed by atoms with Gasteiger partial charge < -0.3 is 20.1 Å². The maximum atomic E-state index is 11.1. The molecule has 2 N–H and O–H groups in total. The molecule has 0 bridgehead atoms. The first-order valence-electron chi connectivity index (χ1n) is 4.87. The highest BCUT2D eigenvalue weighted by molar-refractivity contribution is 5.77. The lowest BCUT2D eigenvalue weighted by Gasteiger charge is -2.14. The summed E-state index contributed by atoms with van der Waals surface area (Å²) in [6, 6.07) is 0. The number of methoxy groups -OCH3 is 1. The predicted molar refractivity (Wildman–Crippen MR) is 52.1 cm³/mol. The highest BCUT2D eigenvalue weighted by Crippen LogP contribution is 1.97. The lowest BCUT2D eigenvalue weighted by molar-refractivity contribution is -0.124. The fourth-order valence-corrected chi connectivity index (χ4v) is 1.33. The Morgan fingerprint density at radius 1 is 1.71 bits per heavy atom. The van der Waals surface area contributed by atoms with E-state index in [0.717, 1.165) is 19.7 Å². The second kappa shape index (κ2) is 6.75. The fraction of sp³-hybridized carbons (Fsp3) is 0.889. The van der Waals surface area contributed by atoms with Gasteiger partial charge in [-0.05, 0) is 0 Å². The zero-order valence-corrected chi connectivity index (χ0v) is 8.54. The standard InChI is InChI=1S/C9H18N2O3/c1-13-7-9(12)11-5-8-4-10-2-3-14-6-8/h8,10H,2-7H2,1H3,(H,11,12). The minimum atomic E-state index is -0.0725. The summed E-state index contributed by atoms with van der Waals surface area (Å²) >= 11 is 0. The van der Waals surface area contributed by atoms with Crippen LogP contribution in [0.5, 0.6) is 0 Å². The van der Waals surface area contributed by atoms with Crippen LogP contribution < -0.4 is 10.6 Å². The summed E-state index contributed by atoms with van der Waals surface area (Å²) in [5.74, 6) is 0.287. The van der Waals surface area contributed by atoms with Crippen LogP contribution in [0.1, 0.15) is 0 Å². The Labute approximate surface area is 84.1 Å². The summed E-state index contributed by atoms with van der Waals surface area (Å²) in [5, 5.41) is 6.04. The third-order valence-electron chi connectivity index (χ3n) is 2.07. The van der Waals surface area contributed by atoms with E-state index in [0.29, 0.717) is 19.1 Å². The van der Waals surface area contributed by atoms with Gasteiger partial charge in [0.2, 0.25) is 5.91 Å². The number of hydrogen-bond acceptors (Lipinski definition) is 4. The molecule has 1 heterocycles. The average molecular weight is 202 g/mol. The molecular formula is C9H18N2O3. The van der Waals surface area contributed by atoms with Gasteiger partial charge in [0.1, 0.15) is 6.61 Å². The van der Waals surface area contributed by atoms with E-state index in [1.54, 1.807) is 0 Å². The number of ether oxygens (including phenoxy) is 2. The molecule has 0 aromatic heterocycles. The van der Waals surface area contributed by atoms with E-state index in [1.165, 1.54) is 7.11 Å². The van der Waals surface area contributed by atoms with Gasteiger partial charge in [0.15, 0.2) is 0 Å². The van der Waals surface area contributed by atoms with Crippen LogP contribution in [0.2, 0.25) is 0 Å². The number of nitrogens with one attached hydrogen (secondary N) is 2. The van der Waals surface area contributed by atoms with Crippen molar-refractivity contribution in [2.24, 2.45) is 5.92 Å². The number of hydrogen-bond donors (Lipinski definition) is 2. The van der Waals surface area contributed by atoms with E-state index in [2.05, 4.69) is 10.6 Å². The molecule has 1 amide bonds. The summed E-state index contributed by atoms with van der Waals surface area (Å²) in [7, 11) is 1.51. The van der Waals surface area contributed by atoms with Crippen LogP contribution in [0, 0.1) is 5.92 Å². The molecule has 1 aliphatic rings. The molecule has 0 spiro atoms. The Kier molecular flexibility index (Phi) is 5.51. The monoisotopic (exact) mass is 202 g/mol. The van der Waals surface area contributed by atoms with Crippen molar-refractivity contribution < 1.29 is 14.3 Å². The molecule has 5 nitrogen and oxygen atoms in total. The molecular weight excluding hydrogens is 184 g/mol. The highest BCUT2D eigenvalue weighted by atomic mass is 16.5.